The molecule has 1 saturated heterocycles. The number of ether oxygens (including phenoxy) is 1. The summed E-state index contributed by atoms with van der Waals surface area (Å²) >= 11 is 7.19. The van der Waals surface area contributed by atoms with E-state index in [-0.39, 0.29) is 36.6 Å². The van der Waals surface area contributed by atoms with Gasteiger partial charge in [0.1, 0.15) is 18.5 Å². The third-order valence-electron chi connectivity index (χ3n) is 7.94. The Kier molecular flexibility index (Phi) is 9.17. The van der Waals surface area contributed by atoms with Crippen LogP contribution >= 0.6 is 22.9 Å². The van der Waals surface area contributed by atoms with E-state index in [1.807, 2.05) is 0 Å². The highest BCUT2D eigenvalue weighted by molar-refractivity contribution is 7.18. The number of carbonyl (C=O) groups excluding carboxylic acids is 3. The first-order valence-corrected chi connectivity index (χ1v) is 14.8. The van der Waals surface area contributed by atoms with Crippen molar-refractivity contribution in [2.75, 3.05) is 49.6 Å². The van der Waals surface area contributed by atoms with Crippen molar-refractivity contribution in [3.63, 3.8) is 0 Å². The Morgan fingerprint density at radius 3 is 2.41 bits per heavy atom. The molecule has 8 nitrogen and oxygen atoms in total. The number of morpholine rings is 1. The molecule has 210 valence electrons. The molecule has 1 aromatic heterocycles. The number of thiophene rings is 1. The largest absolute Gasteiger partial charge is 0.370 e. The number of hydrogen-bond donors (Lipinski definition) is 2. The lowest BCUT2D eigenvalue weighted by Crippen LogP contribution is -2.54. The third-order valence-corrected chi connectivity index (χ3v) is 9.17. The van der Waals surface area contributed by atoms with E-state index in [1.54, 1.807) is 18.2 Å². The van der Waals surface area contributed by atoms with Crippen LogP contribution in [-0.4, -0.2) is 68.1 Å². The first-order chi connectivity index (χ1) is 18.9. The number of nitrogens with zero attached hydrogens (tertiary/aromatic N) is 2. The van der Waals surface area contributed by atoms with Gasteiger partial charge >= 0.3 is 0 Å². The Hall–Kier alpha value is -2.53. The molecule has 0 radical (unpaired) electrons. The van der Waals surface area contributed by atoms with Gasteiger partial charge in [0, 0.05) is 31.9 Å². The lowest BCUT2D eigenvalue weighted by molar-refractivity contribution is -0.125. The molecule has 2 heterocycles. The summed E-state index contributed by atoms with van der Waals surface area (Å²) in [4.78, 5) is 42.8. The molecule has 39 heavy (non-hydrogen) atoms. The van der Waals surface area contributed by atoms with Gasteiger partial charge in [0.2, 0.25) is 5.91 Å². The zero-order chi connectivity index (χ0) is 27.4. The maximum atomic E-state index is 15.2. The molecule has 0 unspecified atom stereocenters. The minimum atomic E-state index is -0.662. The van der Waals surface area contributed by atoms with E-state index >= 15 is 4.39 Å². The SMILES string of the molecule is O=C(NC[C@H](C(=O)Nc1ccc(N2CCOCC2=O)cc1F)N(CC1CCC1)CC1CCC1)c1ccc(Cl)s1. The topological polar surface area (TPSA) is 91.0 Å². The van der Waals surface area contributed by atoms with Gasteiger partial charge in [-0.15, -0.1) is 11.3 Å². The molecule has 2 N–H and O–H groups in total. The summed E-state index contributed by atoms with van der Waals surface area (Å²) in [5.74, 6) is -0.470. The maximum absolute atomic E-state index is 15.2. The number of carbonyl (C=O) groups is 3. The van der Waals surface area contributed by atoms with Crippen LogP contribution in [0.4, 0.5) is 15.8 Å². The molecule has 1 atom stereocenters. The van der Waals surface area contributed by atoms with Crippen LogP contribution in [-0.2, 0) is 14.3 Å². The molecule has 2 aliphatic carbocycles. The minimum absolute atomic E-state index is 0.0387. The van der Waals surface area contributed by atoms with Crippen LogP contribution in [0.25, 0.3) is 0 Å². The van der Waals surface area contributed by atoms with Crippen LogP contribution in [0.15, 0.2) is 30.3 Å². The summed E-state index contributed by atoms with van der Waals surface area (Å²) in [6, 6.07) is 7.04. The standard InChI is InChI=1S/C28H34ClFN4O4S/c29-25-10-9-24(39-25)28(37)31-14-23(33(15-18-3-1-4-18)16-19-5-2-6-19)27(36)32-22-8-7-20(13-21(22)30)34-11-12-38-17-26(34)35/h7-10,13,18-19,23H,1-6,11-12,14-17H2,(H,31,37)(H,32,36)/t23-/m1/s1. The van der Waals surface area contributed by atoms with Crippen molar-refractivity contribution in [1.82, 2.24) is 10.2 Å². The van der Waals surface area contributed by atoms with E-state index in [4.69, 9.17) is 16.3 Å². The minimum Gasteiger partial charge on any atom is -0.370 e. The number of benzene rings is 1. The van der Waals surface area contributed by atoms with E-state index in [0.29, 0.717) is 39.9 Å². The van der Waals surface area contributed by atoms with Gasteiger partial charge in [-0.05, 0) is 67.9 Å². The molecule has 0 spiro atoms. The number of amides is 3. The molecule has 11 heteroatoms. The molecule has 2 aromatic rings. The van der Waals surface area contributed by atoms with Gasteiger partial charge in [-0.2, -0.15) is 0 Å². The van der Waals surface area contributed by atoms with E-state index in [9.17, 15) is 14.4 Å². The number of hydrogen-bond acceptors (Lipinski definition) is 6. The van der Waals surface area contributed by atoms with Crippen LogP contribution in [0.3, 0.4) is 0 Å². The Labute approximate surface area is 236 Å². The zero-order valence-electron chi connectivity index (χ0n) is 21.8. The highest BCUT2D eigenvalue weighted by Gasteiger charge is 2.34. The van der Waals surface area contributed by atoms with E-state index in [1.165, 1.54) is 41.2 Å². The van der Waals surface area contributed by atoms with Crippen LogP contribution in [0.5, 0.6) is 0 Å². The molecule has 3 fully saturated rings. The van der Waals surface area contributed by atoms with Crippen molar-refractivity contribution in [3.8, 4) is 0 Å². The first-order valence-electron chi connectivity index (χ1n) is 13.6. The van der Waals surface area contributed by atoms with Crippen molar-refractivity contribution in [1.29, 1.82) is 0 Å². The highest BCUT2D eigenvalue weighted by Crippen LogP contribution is 2.32. The Balaban J connectivity index is 1.32. The smallest absolute Gasteiger partial charge is 0.261 e. The normalized spacial score (nSPS) is 18.9. The monoisotopic (exact) mass is 576 g/mol. The summed E-state index contributed by atoms with van der Waals surface area (Å²) < 4.78 is 20.8. The predicted molar refractivity (Wildman–Crippen MR) is 150 cm³/mol. The Bertz CT molecular complexity index is 1190. The lowest BCUT2D eigenvalue weighted by Gasteiger charge is -2.40. The Morgan fingerprint density at radius 1 is 1.13 bits per heavy atom. The maximum Gasteiger partial charge on any atom is 0.261 e. The zero-order valence-corrected chi connectivity index (χ0v) is 23.4. The molecule has 3 aliphatic rings. The average molecular weight is 577 g/mol. The summed E-state index contributed by atoms with van der Waals surface area (Å²) in [7, 11) is 0. The number of anilines is 2. The van der Waals surface area contributed by atoms with Gasteiger partial charge in [-0.3, -0.25) is 19.3 Å². The fourth-order valence-electron chi connectivity index (χ4n) is 5.22. The van der Waals surface area contributed by atoms with Gasteiger partial charge in [0.25, 0.3) is 11.8 Å². The Morgan fingerprint density at radius 2 is 1.85 bits per heavy atom. The second-order valence-electron chi connectivity index (χ2n) is 10.6. The van der Waals surface area contributed by atoms with Crippen LogP contribution in [0.2, 0.25) is 4.34 Å². The number of halogens is 2. The van der Waals surface area contributed by atoms with Gasteiger partial charge in [0.15, 0.2) is 0 Å². The van der Waals surface area contributed by atoms with Crippen LogP contribution in [0, 0.1) is 17.7 Å². The number of rotatable bonds is 11. The quantitative estimate of drug-likeness (QED) is 0.410. The van der Waals surface area contributed by atoms with Gasteiger partial charge in [0.05, 0.1) is 21.5 Å². The van der Waals surface area contributed by atoms with Crippen LogP contribution < -0.4 is 15.5 Å². The van der Waals surface area contributed by atoms with E-state index in [0.717, 1.165) is 38.8 Å². The second-order valence-corrected chi connectivity index (χ2v) is 12.3. The molecule has 5 rings (SSSR count). The van der Waals surface area contributed by atoms with Gasteiger partial charge in [-0.25, -0.2) is 4.39 Å². The summed E-state index contributed by atoms with van der Waals surface area (Å²) in [6.07, 6.45) is 6.91. The van der Waals surface area contributed by atoms with Crippen molar-refractivity contribution in [3.05, 3.63) is 45.4 Å². The average Bonchev–Trinajstić information content (AvgIpc) is 3.30. The van der Waals surface area contributed by atoms with Crippen LogP contribution in [0.1, 0.15) is 48.2 Å². The van der Waals surface area contributed by atoms with Crippen molar-refractivity contribution in [2.45, 2.75) is 44.6 Å². The second kappa shape index (κ2) is 12.8. The molecule has 2 saturated carbocycles. The first kappa shape index (κ1) is 28.0. The van der Waals surface area contributed by atoms with Gasteiger partial charge in [-0.1, -0.05) is 24.4 Å². The number of nitrogens with one attached hydrogen (secondary N) is 2. The van der Waals surface area contributed by atoms with Crippen molar-refractivity contribution in [2.24, 2.45) is 11.8 Å². The molecular formula is C28H34ClFN4O4S. The van der Waals surface area contributed by atoms with E-state index < -0.39 is 11.9 Å². The van der Waals surface area contributed by atoms with E-state index in [2.05, 4.69) is 15.5 Å². The molecule has 1 aromatic carbocycles. The summed E-state index contributed by atoms with van der Waals surface area (Å²) in [5, 5.41) is 5.68. The fraction of sp³-hybridized carbons (Fsp3) is 0.536. The third kappa shape index (κ3) is 6.98. The summed E-state index contributed by atoms with van der Waals surface area (Å²) in [5.41, 5.74) is 0.465. The molecule has 1 aliphatic heterocycles. The predicted octanol–water partition coefficient (Wildman–Crippen LogP) is 4.54. The lowest BCUT2D eigenvalue weighted by atomic mass is 9.82. The van der Waals surface area contributed by atoms with Gasteiger partial charge < -0.3 is 20.3 Å². The van der Waals surface area contributed by atoms with Crippen molar-refractivity contribution >= 4 is 52.0 Å². The molecule has 0 bridgehead atoms. The molecule has 3 amide bonds. The fourth-order valence-corrected chi connectivity index (χ4v) is 6.18. The van der Waals surface area contributed by atoms with Crippen molar-refractivity contribution < 1.29 is 23.5 Å². The molecular weight excluding hydrogens is 543 g/mol. The summed E-state index contributed by atoms with van der Waals surface area (Å²) in [6.45, 7) is 2.34. The highest BCUT2D eigenvalue weighted by atomic mass is 35.5.